The maximum Gasteiger partial charge on any atom is 0.211 e. The van der Waals surface area contributed by atoms with Crippen molar-refractivity contribution < 1.29 is 4.79 Å². The van der Waals surface area contributed by atoms with E-state index < -0.39 is 0 Å². The van der Waals surface area contributed by atoms with Crippen LogP contribution in [0, 0.1) is 0 Å². The third kappa shape index (κ3) is 2.84. The number of aromatic nitrogens is 2. The van der Waals surface area contributed by atoms with Gasteiger partial charge in [-0.2, -0.15) is 5.10 Å². The normalized spacial score (nSPS) is 10.5. The van der Waals surface area contributed by atoms with Crippen LogP contribution in [0.4, 0.5) is 5.69 Å². The van der Waals surface area contributed by atoms with E-state index in [2.05, 4.69) is 12.0 Å². The Morgan fingerprint density at radius 1 is 1.32 bits per heavy atom. The summed E-state index contributed by atoms with van der Waals surface area (Å²) in [6, 6.07) is 9.42. The van der Waals surface area contributed by atoms with Gasteiger partial charge in [0.15, 0.2) is 0 Å². The first-order valence-corrected chi connectivity index (χ1v) is 6.47. The lowest BCUT2D eigenvalue weighted by Gasteiger charge is -2.13. The Morgan fingerprint density at radius 2 is 2.11 bits per heavy atom. The molecule has 4 nitrogen and oxygen atoms in total. The van der Waals surface area contributed by atoms with Crippen LogP contribution in [0.1, 0.15) is 29.4 Å². The Morgan fingerprint density at radius 3 is 2.79 bits per heavy atom. The van der Waals surface area contributed by atoms with Crippen molar-refractivity contribution in [3.8, 4) is 0 Å². The maximum absolute atomic E-state index is 12.5. The van der Waals surface area contributed by atoms with Crippen LogP contribution in [0.15, 0.2) is 36.5 Å². The van der Waals surface area contributed by atoms with Crippen molar-refractivity contribution in [2.45, 2.75) is 19.9 Å². The van der Waals surface area contributed by atoms with Crippen molar-refractivity contribution in [3.63, 3.8) is 0 Å². The maximum atomic E-state index is 12.5. The Labute approximate surface area is 113 Å². The highest BCUT2D eigenvalue weighted by atomic mass is 16.1. The highest BCUT2D eigenvalue weighted by Crippen LogP contribution is 2.16. The minimum Gasteiger partial charge on any atom is -0.378 e. The second kappa shape index (κ2) is 5.69. The van der Waals surface area contributed by atoms with E-state index in [0.717, 1.165) is 18.7 Å². The SMILES string of the molecule is CCCn1nccc1C(=O)c1cccc(N(C)C)c1. The van der Waals surface area contributed by atoms with Crippen LogP contribution in [0.5, 0.6) is 0 Å². The van der Waals surface area contributed by atoms with Crippen LogP contribution in [0.2, 0.25) is 0 Å². The van der Waals surface area contributed by atoms with Crippen LogP contribution < -0.4 is 4.90 Å². The first-order chi connectivity index (χ1) is 9.13. The largest absolute Gasteiger partial charge is 0.378 e. The molecular weight excluding hydrogens is 238 g/mol. The summed E-state index contributed by atoms with van der Waals surface area (Å²) in [5, 5.41) is 4.20. The molecule has 0 N–H and O–H groups in total. The third-order valence-corrected chi connectivity index (χ3v) is 3.01. The minimum absolute atomic E-state index is 0.0228. The summed E-state index contributed by atoms with van der Waals surface area (Å²) in [5.74, 6) is 0.0228. The molecule has 0 fully saturated rings. The quantitative estimate of drug-likeness (QED) is 0.773. The number of hydrogen-bond acceptors (Lipinski definition) is 3. The zero-order valence-corrected chi connectivity index (χ0v) is 11.6. The Kier molecular flexibility index (Phi) is 4.00. The van der Waals surface area contributed by atoms with Crippen molar-refractivity contribution in [1.82, 2.24) is 9.78 Å². The first-order valence-electron chi connectivity index (χ1n) is 6.47. The number of carbonyl (C=O) groups excluding carboxylic acids is 1. The molecule has 0 saturated carbocycles. The topological polar surface area (TPSA) is 38.1 Å². The van der Waals surface area contributed by atoms with Crippen molar-refractivity contribution in [1.29, 1.82) is 0 Å². The number of nitrogens with zero attached hydrogens (tertiary/aromatic N) is 3. The molecule has 0 radical (unpaired) electrons. The fourth-order valence-electron chi connectivity index (χ4n) is 1.99. The molecule has 1 heterocycles. The molecule has 0 saturated heterocycles. The monoisotopic (exact) mass is 257 g/mol. The van der Waals surface area contributed by atoms with Crippen LogP contribution in [-0.4, -0.2) is 29.7 Å². The van der Waals surface area contributed by atoms with Gasteiger partial charge in [0.2, 0.25) is 5.78 Å². The molecule has 0 aliphatic rings. The first kappa shape index (κ1) is 13.3. The van der Waals surface area contributed by atoms with E-state index in [9.17, 15) is 4.79 Å². The van der Waals surface area contributed by atoms with Crippen molar-refractivity contribution in [2.75, 3.05) is 19.0 Å². The van der Waals surface area contributed by atoms with Crippen LogP contribution in [0.25, 0.3) is 0 Å². The molecule has 0 aliphatic heterocycles. The number of aryl methyl sites for hydroxylation is 1. The van der Waals surface area contributed by atoms with Crippen molar-refractivity contribution >= 4 is 11.5 Å². The Bertz CT molecular complexity index is 572. The van der Waals surface area contributed by atoms with Gasteiger partial charge in [0, 0.05) is 38.1 Å². The van der Waals surface area contributed by atoms with Crippen molar-refractivity contribution in [3.05, 3.63) is 47.8 Å². The van der Waals surface area contributed by atoms with Crippen molar-refractivity contribution in [2.24, 2.45) is 0 Å². The molecule has 1 aromatic heterocycles. The molecule has 0 spiro atoms. The summed E-state index contributed by atoms with van der Waals surface area (Å²) in [6.45, 7) is 2.84. The highest BCUT2D eigenvalue weighted by molar-refractivity contribution is 6.08. The van der Waals surface area contributed by atoms with Crippen LogP contribution in [0.3, 0.4) is 0 Å². The second-order valence-corrected chi connectivity index (χ2v) is 4.71. The van der Waals surface area contributed by atoms with E-state index in [-0.39, 0.29) is 5.78 Å². The van der Waals surface area contributed by atoms with Gasteiger partial charge in [0.05, 0.1) is 0 Å². The van der Waals surface area contributed by atoms with E-state index in [1.54, 1.807) is 16.9 Å². The zero-order valence-electron chi connectivity index (χ0n) is 11.6. The fourth-order valence-corrected chi connectivity index (χ4v) is 1.99. The Hall–Kier alpha value is -2.10. The smallest absolute Gasteiger partial charge is 0.211 e. The molecule has 19 heavy (non-hydrogen) atoms. The molecule has 4 heteroatoms. The second-order valence-electron chi connectivity index (χ2n) is 4.71. The van der Waals surface area contributed by atoms with Gasteiger partial charge in [-0.1, -0.05) is 19.1 Å². The summed E-state index contributed by atoms with van der Waals surface area (Å²) in [7, 11) is 3.93. The molecule has 0 aliphatic carbocycles. The van der Waals surface area contributed by atoms with Gasteiger partial charge in [-0.25, -0.2) is 0 Å². The number of benzene rings is 1. The number of hydrogen-bond donors (Lipinski definition) is 0. The van der Waals surface area contributed by atoms with Gasteiger partial charge < -0.3 is 4.90 Å². The highest BCUT2D eigenvalue weighted by Gasteiger charge is 2.14. The number of anilines is 1. The summed E-state index contributed by atoms with van der Waals surface area (Å²) >= 11 is 0. The van der Waals surface area contributed by atoms with E-state index in [0.29, 0.717) is 11.3 Å². The lowest BCUT2D eigenvalue weighted by Crippen LogP contribution is -2.13. The number of carbonyl (C=O) groups is 1. The van der Waals surface area contributed by atoms with Gasteiger partial charge in [0.1, 0.15) is 5.69 Å². The van der Waals surface area contributed by atoms with Crippen LogP contribution in [-0.2, 0) is 6.54 Å². The third-order valence-electron chi connectivity index (χ3n) is 3.01. The molecule has 0 bridgehead atoms. The molecule has 2 aromatic rings. The summed E-state index contributed by atoms with van der Waals surface area (Å²) < 4.78 is 1.77. The predicted molar refractivity (Wildman–Crippen MR) is 76.7 cm³/mol. The summed E-state index contributed by atoms with van der Waals surface area (Å²) in [5.41, 5.74) is 2.37. The minimum atomic E-state index is 0.0228. The average molecular weight is 257 g/mol. The standard InChI is InChI=1S/C15H19N3O/c1-4-10-18-14(8-9-16-18)15(19)12-6-5-7-13(11-12)17(2)3/h5-9,11H,4,10H2,1-3H3. The predicted octanol–water partition coefficient (Wildman–Crippen LogP) is 2.59. The molecule has 0 atom stereocenters. The van der Waals surface area contributed by atoms with Gasteiger partial charge >= 0.3 is 0 Å². The van der Waals surface area contributed by atoms with E-state index in [1.807, 2.05) is 43.3 Å². The van der Waals surface area contributed by atoms with E-state index in [4.69, 9.17) is 0 Å². The molecule has 2 rings (SSSR count). The number of rotatable bonds is 5. The van der Waals surface area contributed by atoms with Gasteiger partial charge in [0.25, 0.3) is 0 Å². The molecule has 1 aromatic carbocycles. The lowest BCUT2D eigenvalue weighted by molar-refractivity contribution is 0.102. The van der Waals surface area contributed by atoms with Gasteiger partial charge in [-0.05, 0) is 24.6 Å². The lowest BCUT2D eigenvalue weighted by atomic mass is 10.1. The fraction of sp³-hybridized carbons (Fsp3) is 0.333. The van der Waals surface area contributed by atoms with Crippen LogP contribution >= 0.6 is 0 Å². The van der Waals surface area contributed by atoms with Gasteiger partial charge in [-0.3, -0.25) is 9.48 Å². The molecular formula is C15H19N3O. The summed E-state index contributed by atoms with van der Waals surface area (Å²) in [4.78, 5) is 14.5. The summed E-state index contributed by atoms with van der Waals surface area (Å²) in [6.07, 6.45) is 2.64. The molecule has 0 unspecified atom stereocenters. The van der Waals surface area contributed by atoms with Gasteiger partial charge in [-0.15, -0.1) is 0 Å². The molecule has 100 valence electrons. The Balaban J connectivity index is 2.33. The number of ketones is 1. The van der Waals surface area contributed by atoms with E-state index in [1.165, 1.54) is 0 Å². The molecule has 0 amide bonds. The van der Waals surface area contributed by atoms with E-state index >= 15 is 0 Å². The average Bonchev–Trinajstić information content (AvgIpc) is 2.86. The zero-order chi connectivity index (χ0) is 13.8.